The molecular weight excluding hydrogens is 378 g/mol. The van der Waals surface area contributed by atoms with Crippen LogP contribution in [0.2, 0.25) is 0 Å². The van der Waals surface area contributed by atoms with Crippen LogP contribution in [-0.2, 0) is 13.1 Å². The van der Waals surface area contributed by atoms with E-state index in [2.05, 4.69) is 22.0 Å². The van der Waals surface area contributed by atoms with E-state index in [1.165, 1.54) is 5.56 Å². The van der Waals surface area contributed by atoms with Crippen LogP contribution in [0, 0.1) is 5.92 Å². The molecule has 2 atom stereocenters. The maximum absolute atomic E-state index is 12.9. The predicted octanol–water partition coefficient (Wildman–Crippen LogP) is 3.26. The van der Waals surface area contributed by atoms with Crippen molar-refractivity contribution in [2.75, 3.05) is 19.9 Å². The Bertz CT molecular complexity index is 1160. The molecule has 6 nitrogen and oxygen atoms in total. The Morgan fingerprint density at radius 3 is 2.90 bits per heavy atom. The Morgan fingerprint density at radius 1 is 1.03 bits per heavy atom. The van der Waals surface area contributed by atoms with Gasteiger partial charge in [-0.25, -0.2) is 0 Å². The number of fused-ring (bicyclic) bond motifs is 5. The van der Waals surface area contributed by atoms with Gasteiger partial charge in [-0.05, 0) is 36.1 Å². The number of likely N-dealkylation sites (tertiary alicyclic amines) is 1. The predicted molar refractivity (Wildman–Crippen MR) is 113 cm³/mol. The maximum Gasteiger partial charge on any atom is 0.251 e. The molecular formula is C24H23N3O3. The van der Waals surface area contributed by atoms with Gasteiger partial charge in [-0.2, -0.15) is 0 Å². The van der Waals surface area contributed by atoms with Crippen molar-refractivity contribution in [1.82, 2.24) is 14.5 Å². The van der Waals surface area contributed by atoms with E-state index in [1.807, 2.05) is 35.0 Å². The first-order chi connectivity index (χ1) is 14.7. The zero-order valence-corrected chi connectivity index (χ0v) is 16.7. The van der Waals surface area contributed by atoms with Crippen LogP contribution in [0.4, 0.5) is 0 Å². The molecule has 0 N–H and O–H groups in total. The molecule has 0 amide bonds. The van der Waals surface area contributed by atoms with E-state index >= 15 is 0 Å². The summed E-state index contributed by atoms with van der Waals surface area (Å²) in [5.74, 6) is 2.56. The Labute approximate surface area is 174 Å². The summed E-state index contributed by atoms with van der Waals surface area (Å²) in [6.45, 7) is 3.87. The highest BCUT2D eigenvalue weighted by molar-refractivity contribution is 5.62. The number of rotatable bonds is 3. The smallest absolute Gasteiger partial charge is 0.251 e. The summed E-state index contributed by atoms with van der Waals surface area (Å²) in [7, 11) is 0. The van der Waals surface area contributed by atoms with Crippen LogP contribution in [0.1, 0.15) is 23.6 Å². The average Bonchev–Trinajstić information content (AvgIpc) is 3.25. The molecule has 0 unspecified atom stereocenters. The molecule has 3 aromatic rings. The van der Waals surface area contributed by atoms with Crippen molar-refractivity contribution < 1.29 is 9.47 Å². The van der Waals surface area contributed by atoms with Gasteiger partial charge in [0.2, 0.25) is 6.79 Å². The molecule has 6 rings (SSSR count). The third-order valence-corrected chi connectivity index (χ3v) is 6.50. The van der Waals surface area contributed by atoms with Crippen LogP contribution in [0.15, 0.2) is 59.7 Å². The summed E-state index contributed by atoms with van der Waals surface area (Å²) in [4.78, 5) is 19.6. The molecule has 2 bridgehead atoms. The Morgan fingerprint density at radius 2 is 2.00 bits per heavy atom. The number of aromatic nitrogens is 2. The van der Waals surface area contributed by atoms with E-state index in [4.69, 9.17) is 9.47 Å². The zero-order valence-electron chi connectivity index (χ0n) is 16.7. The molecule has 0 aliphatic carbocycles. The number of hydrogen-bond acceptors (Lipinski definition) is 5. The van der Waals surface area contributed by atoms with Gasteiger partial charge in [-0.1, -0.05) is 18.2 Å². The highest BCUT2D eigenvalue weighted by Crippen LogP contribution is 2.39. The van der Waals surface area contributed by atoms with Gasteiger partial charge in [-0.15, -0.1) is 0 Å². The summed E-state index contributed by atoms with van der Waals surface area (Å²) >= 11 is 0. The molecule has 2 aromatic heterocycles. The van der Waals surface area contributed by atoms with Crippen molar-refractivity contribution in [1.29, 1.82) is 0 Å². The third kappa shape index (κ3) is 2.99. The normalized spacial score (nSPS) is 22.0. The Kier molecular flexibility index (Phi) is 4.13. The number of benzene rings is 1. The molecule has 6 heteroatoms. The van der Waals surface area contributed by atoms with E-state index in [1.54, 1.807) is 12.3 Å². The van der Waals surface area contributed by atoms with Gasteiger partial charge in [0.25, 0.3) is 5.56 Å². The second kappa shape index (κ2) is 6.99. The fraction of sp³-hybridized carbons (Fsp3) is 0.333. The SMILES string of the molecule is O=c1cc(-c2cccnc2)cc2n1C[C@H]1C[C@@H]2CN(Cc2cccc3c2OCO3)C1. The lowest BCUT2D eigenvalue weighted by molar-refractivity contribution is 0.113. The van der Waals surface area contributed by atoms with Crippen LogP contribution in [0.5, 0.6) is 11.5 Å². The van der Waals surface area contributed by atoms with Crippen molar-refractivity contribution in [3.63, 3.8) is 0 Å². The molecule has 30 heavy (non-hydrogen) atoms. The topological polar surface area (TPSA) is 56.6 Å². The first kappa shape index (κ1) is 17.7. The number of piperidine rings is 1. The minimum absolute atomic E-state index is 0.0981. The first-order valence-corrected chi connectivity index (χ1v) is 10.5. The molecule has 0 radical (unpaired) electrons. The molecule has 3 aliphatic rings. The van der Waals surface area contributed by atoms with Crippen LogP contribution in [0.3, 0.4) is 0 Å². The van der Waals surface area contributed by atoms with Crippen LogP contribution >= 0.6 is 0 Å². The summed E-state index contributed by atoms with van der Waals surface area (Å²) in [6, 6.07) is 14.0. The van der Waals surface area contributed by atoms with Crippen molar-refractivity contribution in [2.45, 2.75) is 25.4 Å². The van der Waals surface area contributed by atoms with E-state index in [-0.39, 0.29) is 5.56 Å². The van der Waals surface area contributed by atoms with E-state index in [0.29, 0.717) is 18.6 Å². The minimum Gasteiger partial charge on any atom is -0.454 e. The second-order valence-corrected chi connectivity index (χ2v) is 8.50. The molecule has 3 aliphatic heterocycles. The highest BCUT2D eigenvalue weighted by atomic mass is 16.7. The quantitative estimate of drug-likeness (QED) is 0.674. The van der Waals surface area contributed by atoms with Gasteiger partial charge in [0.05, 0.1) is 0 Å². The largest absolute Gasteiger partial charge is 0.454 e. The monoisotopic (exact) mass is 401 g/mol. The first-order valence-electron chi connectivity index (χ1n) is 10.5. The van der Waals surface area contributed by atoms with Crippen LogP contribution < -0.4 is 15.0 Å². The van der Waals surface area contributed by atoms with Gasteiger partial charge in [0.15, 0.2) is 11.5 Å². The average molecular weight is 401 g/mol. The van der Waals surface area contributed by atoms with Crippen LogP contribution in [0.25, 0.3) is 11.1 Å². The molecule has 0 saturated carbocycles. The number of pyridine rings is 2. The van der Waals surface area contributed by atoms with Gasteiger partial charge in [-0.3, -0.25) is 14.7 Å². The number of hydrogen-bond donors (Lipinski definition) is 0. The molecule has 152 valence electrons. The van der Waals surface area contributed by atoms with Gasteiger partial charge >= 0.3 is 0 Å². The van der Waals surface area contributed by atoms with Crippen molar-refractivity contribution in [3.8, 4) is 22.6 Å². The van der Waals surface area contributed by atoms with Gasteiger partial charge in [0.1, 0.15) is 0 Å². The van der Waals surface area contributed by atoms with Crippen molar-refractivity contribution in [3.05, 3.63) is 76.5 Å². The summed E-state index contributed by atoms with van der Waals surface area (Å²) in [5.41, 5.74) is 4.37. The standard InChI is InChI=1S/C24H23N3O3/c28-23-9-19(17-4-2-6-25-10-17)8-21-20-7-16(12-27(21)23)11-26(14-20)13-18-3-1-5-22-24(18)30-15-29-22/h1-6,8-10,16,20H,7,11-15H2/t16-,20+/m0/s1. The van der Waals surface area contributed by atoms with E-state index in [9.17, 15) is 4.79 Å². The molecule has 5 heterocycles. The molecule has 1 saturated heterocycles. The van der Waals surface area contributed by atoms with Gasteiger partial charge < -0.3 is 14.0 Å². The van der Waals surface area contributed by atoms with E-state index < -0.39 is 0 Å². The number of nitrogens with zero attached hydrogens (tertiary/aromatic N) is 3. The lowest BCUT2D eigenvalue weighted by Gasteiger charge is -2.43. The minimum atomic E-state index is 0.0981. The number of para-hydroxylation sites is 1. The Balaban J connectivity index is 1.31. The van der Waals surface area contributed by atoms with Crippen molar-refractivity contribution in [2.24, 2.45) is 5.92 Å². The molecule has 0 spiro atoms. The molecule has 1 fully saturated rings. The van der Waals surface area contributed by atoms with E-state index in [0.717, 1.165) is 60.9 Å². The fourth-order valence-electron chi connectivity index (χ4n) is 5.24. The summed E-state index contributed by atoms with van der Waals surface area (Å²) in [5, 5.41) is 0. The number of ether oxygens (including phenoxy) is 2. The summed E-state index contributed by atoms with van der Waals surface area (Å²) in [6.07, 6.45) is 4.72. The lowest BCUT2D eigenvalue weighted by Crippen LogP contribution is -2.46. The van der Waals surface area contributed by atoms with Gasteiger partial charge in [0, 0.05) is 67.4 Å². The highest BCUT2D eigenvalue weighted by Gasteiger charge is 2.35. The Hall–Kier alpha value is -3.12. The zero-order chi connectivity index (χ0) is 20.1. The third-order valence-electron chi connectivity index (χ3n) is 6.50. The maximum atomic E-state index is 12.9. The fourth-order valence-corrected chi connectivity index (χ4v) is 5.24. The van der Waals surface area contributed by atoms with Crippen LogP contribution in [-0.4, -0.2) is 34.3 Å². The summed E-state index contributed by atoms with van der Waals surface area (Å²) < 4.78 is 13.2. The lowest BCUT2D eigenvalue weighted by atomic mass is 9.82. The van der Waals surface area contributed by atoms with Crippen molar-refractivity contribution >= 4 is 0 Å². The molecule has 1 aromatic carbocycles. The second-order valence-electron chi connectivity index (χ2n) is 8.50.